The molecule has 1 heterocycles. The molecule has 6 nitrogen and oxygen atoms in total. The molecule has 22 heavy (non-hydrogen) atoms. The molecule has 0 aliphatic carbocycles. The Kier molecular flexibility index (Phi) is 5.91. The third-order valence-electron chi connectivity index (χ3n) is 2.91. The van der Waals surface area contributed by atoms with E-state index in [0.29, 0.717) is 18.5 Å². The Bertz CT molecular complexity index is 627. The molecular formula is C15H18N4O2S. The molecule has 116 valence electrons. The lowest BCUT2D eigenvalue weighted by atomic mass is 10.2. The average Bonchev–Trinajstić information content (AvgIpc) is 3.01. The zero-order valence-corrected chi connectivity index (χ0v) is 13.1. The Morgan fingerprint density at radius 2 is 1.95 bits per heavy atom. The van der Waals surface area contributed by atoms with Gasteiger partial charge < -0.3 is 16.0 Å². The maximum Gasteiger partial charge on any atom is 0.251 e. The van der Waals surface area contributed by atoms with Crippen LogP contribution in [0.1, 0.15) is 16.1 Å². The van der Waals surface area contributed by atoms with Gasteiger partial charge in [-0.1, -0.05) is 18.2 Å². The smallest absolute Gasteiger partial charge is 0.251 e. The van der Waals surface area contributed by atoms with Crippen LogP contribution < -0.4 is 16.0 Å². The number of nitrogens with zero attached hydrogens (tertiary/aromatic N) is 1. The molecule has 0 saturated carbocycles. The minimum Gasteiger partial charge on any atom is -0.365 e. The van der Waals surface area contributed by atoms with Crippen LogP contribution in [0.3, 0.4) is 0 Å². The van der Waals surface area contributed by atoms with E-state index >= 15 is 0 Å². The topological polar surface area (TPSA) is 83.1 Å². The number of hydrogen-bond acceptors (Lipinski definition) is 5. The quantitative estimate of drug-likeness (QED) is 0.718. The highest BCUT2D eigenvalue weighted by atomic mass is 32.1. The Balaban J connectivity index is 1.66. The van der Waals surface area contributed by atoms with Gasteiger partial charge in [0.1, 0.15) is 0 Å². The molecule has 2 rings (SSSR count). The molecule has 0 fully saturated rings. The van der Waals surface area contributed by atoms with Gasteiger partial charge in [0, 0.05) is 31.0 Å². The number of hydrogen-bond donors (Lipinski definition) is 3. The highest BCUT2D eigenvalue weighted by molar-refractivity contribution is 7.13. The fourth-order valence-electron chi connectivity index (χ4n) is 1.78. The van der Waals surface area contributed by atoms with E-state index in [-0.39, 0.29) is 18.4 Å². The van der Waals surface area contributed by atoms with Crippen molar-refractivity contribution in [2.45, 2.75) is 6.42 Å². The first-order valence-corrected chi connectivity index (χ1v) is 7.79. The van der Waals surface area contributed by atoms with E-state index in [0.717, 1.165) is 10.8 Å². The SMILES string of the molecule is CNc1nc(CCNC(=O)CNC(=O)c2ccccc2)cs1. The highest BCUT2D eigenvalue weighted by Gasteiger charge is 2.07. The summed E-state index contributed by atoms with van der Waals surface area (Å²) in [6.07, 6.45) is 0.663. The molecule has 0 saturated heterocycles. The van der Waals surface area contributed by atoms with E-state index in [9.17, 15) is 9.59 Å². The number of carbonyl (C=O) groups excluding carboxylic acids is 2. The summed E-state index contributed by atoms with van der Waals surface area (Å²) in [6.45, 7) is 0.458. The lowest BCUT2D eigenvalue weighted by molar-refractivity contribution is -0.120. The van der Waals surface area contributed by atoms with Crippen LogP contribution in [0.4, 0.5) is 5.13 Å². The summed E-state index contributed by atoms with van der Waals surface area (Å²) < 4.78 is 0. The average molecular weight is 318 g/mol. The minimum absolute atomic E-state index is 0.0352. The van der Waals surface area contributed by atoms with Crippen LogP contribution in [-0.2, 0) is 11.2 Å². The number of rotatable bonds is 7. The predicted molar refractivity (Wildman–Crippen MR) is 87.1 cm³/mol. The van der Waals surface area contributed by atoms with Crippen LogP contribution in [0.5, 0.6) is 0 Å². The van der Waals surface area contributed by atoms with Gasteiger partial charge in [0.05, 0.1) is 12.2 Å². The summed E-state index contributed by atoms with van der Waals surface area (Å²) in [5.41, 5.74) is 1.47. The van der Waals surface area contributed by atoms with Gasteiger partial charge in [0.15, 0.2) is 5.13 Å². The van der Waals surface area contributed by atoms with E-state index in [1.54, 1.807) is 24.3 Å². The molecule has 1 aromatic heterocycles. The van der Waals surface area contributed by atoms with Gasteiger partial charge in [-0.05, 0) is 12.1 Å². The first-order valence-electron chi connectivity index (χ1n) is 6.91. The summed E-state index contributed by atoms with van der Waals surface area (Å²) in [6, 6.07) is 8.80. The van der Waals surface area contributed by atoms with Crippen molar-refractivity contribution in [3.8, 4) is 0 Å². The van der Waals surface area contributed by atoms with Gasteiger partial charge >= 0.3 is 0 Å². The molecule has 7 heteroatoms. The summed E-state index contributed by atoms with van der Waals surface area (Å²) >= 11 is 1.53. The molecule has 0 aliphatic heterocycles. The summed E-state index contributed by atoms with van der Waals surface area (Å²) in [5.74, 6) is -0.470. The van der Waals surface area contributed by atoms with Crippen LogP contribution in [0.2, 0.25) is 0 Å². The maximum atomic E-state index is 11.8. The normalized spacial score (nSPS) is 10.0. The van der Waals surface area contributed by atoms with Crippen LogP contribution >= 0.6 is 11.3 Å². The van der Waals surface area contributed by atoms with E-state index in [2.05, 4.69) is 20.9 Å². The zero-order valence-electron chi connectivity index (χ0n) is 12.3. The van der Waals surface area contributed by atoms with Crippen molar-refractivity contribution in [3.63, 3.8) is 0 Å². The second kappa shape index (κ2) is 8.14. The number of thiazole rings is 1. The number of aromatic nitrogens is 1. The molecule has 0 unspecified atom stereocenters. The Morgan fingerprint density at radius 3 is 2.64 bits per heavy atom. The Hall–Kier alpha value is -2.41. The predicted octanol–water partition coefficient (Wildman–Crippen LogP) is 1.27. The van der Waals surface area contributed by atoms with Crippen molar-refractivity contribution in [2.24, 2.45) is 0 Å². The van der Waals surface area contributed by atoms with Crippen molar-refractivity contribution in [3.05, 3.63) is 47.0 Å². The van der Waals surface area contributed by atoms with E-state index in [1.165, 1.54) is 11.3 Å². The van der Waals surface area contributed by atoms with Crippen LogP contribution in [-0.4, -0.2) is 36.9 Å². The van der Waals surface area contributed by atoms with E-state index in [4.69, 9.17) is 0 Å². The Labute approximate surface area is 133 Å². The second-order valence-electron chi connectivity index (χ2n) is 4.54. The van der Waals surface area contributed by atoms with Crippen molar-refractivity contribution >= 4 is 28.3 Å². The lowest BCUT2D eigenvalue weighted by Gasteiger charge is -2.06. The lowest BCUT2D eigenvalue weighted by Crippen LogP contribution is -2.37. The van der Waals surface area contributed by atoms with Gasteiger partial charge in [0.2, 0.25) is 5.91 Å². The Morgan fingerprint density at radius 1 is 1.18 bits per heavy atom. The van der Waals surface area contributed by atoms with Crippen molar-refractivity contribution in [2.75, 3.05) is 25.5 Å². The van der Waals surface area contributed by atoms with Crippen molar-refractivity contribution < 1.29 is 9.59 Å². The van der Waals surface area contributed by atoms with E-state index < -0.39 is 0 Å². The molecule has 0 atom stereocenters. The number of carbonyl (C=O) groups is 2. The van der Waals surface area contributed by atoms with Gasteiger partial charge in [-0.15, -0.1) is 11.3 Å². The molecule has 0 radical (unpaired) electrons. The van der Waals surface area contributed by atoms with Crippen LogP contribution in [0.15, 0.2) is 35.7 Å². The molecule has 1 aromatic carbocycles. The highest BCUT2D eigenvalue weighted by Crippen LogP contribution is 2.14. The van der Waals surface area contributed by atoms with Gasteiger partial charge in [-0.25, -0.2) is 4.98 Å². The number of benzene rings is 1. The van der Waals surface area contributed by atoms with Gasteiger partial charge in [0.25, 0.3) is 5.91 Å². The third-order valence-corrected chi connectivity index (χ3v) is 3.82. The molecule has 2 aromatic rings. The van der Waals surface area contributed by atoms with Gasteiger partial charge in [-0.3, -0.25) is 9.59 Å². The standard InChI is InChI=1S/C15H18N4O2S/c1-16-15-19-12(10-22-15)7-8-17-13(20)9-18-14(21)11-5-3-2-4-6-11/h2-6,10H,7-9H2,1H3,(H,16,19)(H,17,20)(H,18,21). The van der Waals surface area contributed by atoms with Crippen LogP contribution in [0, 0.1) is 0 Å². The zero-order chi connectivity index (χ0) is 15.8. The molecule has 2 amide bonds. The molecule has 3 N–H and O–H groups in total. The van der Waals surface area contributed by atoms with Crippen LogP contribution in [0.25, 0.3) is 0 Å². The first-order chi connectivity index (χ1) is 10.7. The monoisotopic (exact) mass is 318 g/mol. The molecule has 0 spiro atoms. The van der Waals surface area contributed by atoms with Gasteiger partial charge in [-0.2, -0.15) is 0 Å². The minimum atomic E-state index is -0.256. The number of anilines is 1. The second-order valence-corrected chi connectivity index (χ2v) is 5.40. The van der Waals surface area contributed by atoms with Crippen molar-refractivity contribution in [1.29, 1.82) is 0 Å². The van der Waals surface area contributed by atoms with Crippen molar-refractivity contribution in [1.82, 2.24) is 15.6 Å². The molecular weight excluding hydrogens is 300 g/mol. The fraction of sp³-hybridized carbons (Fsp3) is 0.267. The first kappa shape index (κ1) is 16.0. The maximum absolute atomic E-state index is 11.8. The summed E-state index contributed by atoms with van der Waals surface area (Å²) in [5, 5.41) is 11.1. The molecule has 0 bridgehead atoms. The summed E-state index contributed by atoms with van der Waals surface area (Å²) in [7, 11) is 1.82. The fourth-order valence-corrected chi connectivity index (χ4v) is 2.49. The molecule has 0 aliphatic rings. The summed E-state index contributed by atoms with van der Waals surface area (Å²) in [4.78, 5) is 27.8. The van der Waals surface area contributed by atoms with E-state index in [1.807, 2.05) is 18.5 Å². The third kappa shape index (κ3) is 4.85. The number of amides is 2. The largest absolute Gasteiger partial charge is 0.365 e. The number of nitrogens with one attached hydrogen (secondary N) is 3.